The second-order valence-corrected chi connectivity index (χ2v) is 12.2. The van der Waals surface area contributed by atoms with Gasteiger partial charge in [0.25, 0.3) is 0 Å². The van der Waals surface area contributed by atoms with Gasteiger partial charge in [0, 0.05) is 36.6 Å². The molecule has 0 radical (unpaired) electrons. The molecule has 0 saturated heterocycles. The Kier molecular flexibility index (Phi) is 6.38. The SMILES string of the molecule is N#Cc1ccc(-c2ccc(C(NCn3c4ccccc4c4cc5sc6ccccc6c5cc43)c3ccccc3N)cc2)cc1. The lowest BCUT2D eigenvalue weighted by molar-refractivity contribution is 0.527. The number of rotatable bonds is 6. The molecule has 44 heavy (non-hydrogen) atoms. The molecule has 3 N–H and O–H groups in total. The molecular weight excluding hydrogens is 557 g/mol. The minimum atomic E-state index is -0.117. The molecule has 0 aliphatic carbocycles. The maximum atomic E-state index is 9.17. The molecule has 0 fully saturated rings. The fourth-order valence-electron chi connectivity index (χ4n) is 6.40. The number of nitriles is 1. The maximum Gasteiger partial charge on any atom is 0.0991 e. The Labute approximate surface area is 259 Å². The maximum absolute atomic E-state index is 9.17. The van der Waals surface area contributed by atoms with Crippen molar-refractivity contribution in [1.29, 1.82) is 5.26 Å². The van der Waals surface area contributed by atoms with Crippen LogP contribution < -0.4 is 11.1 Å². The first-order chi connectivity index (χ1) is 21.7. The predicted molar refractivity (Wildman–Crippen MR) is 185 cm³/mol. The first-order valence-electron chi connectivity index (χ1n) is 14.7. The second-order valence-electron chi connectivity index (χ2n) is 11.1. The van der Waals surface area contributed by atoms with E-state index >= 15 is 0 Å². The van der Waals surface area contributed by atoms with Crippen LogP contribution in [0.3, 0.4) is 0 Å². The minimum Gasteiger partial charge on any atom is -0.398 e. The Balaban J connectivity index is 1.21. The van der Waals surface area contributed by atoms with Gasteiger partial charge in [0.15, 0.2) is 0 Å². The van der Waals surface area contributed by atoms with E-state index in [0.717, 1.165) is 27.9 Å². The molecule has 0 amide bonds. The average molecular weight is 585 g/mol. The summed E-state index contributed by atoms with van der Waals surface area (Å²) >= 11 is 1.86. The van der Waals surface area contributed by atoms with Gasteiger partial charge in [-0.1, -0.05) is 91.0 Å². The Bertz CT molecular complexity index is 2360. The number of nitrogens with two attached hydrogens (primary N) is 1. The van der Waals surface area contributed by atoms with E-state index in [0.29, 0.717) is 12.2 Å². The van der Waals surface area contributed by atoms with Gasteiger partial charge in [0.2, 0.25) is 0 Å². The number of nitrogens with zero attached hydrogens (tertiary/aromatic N) is 2. The number of benzene rings is 6. The van der Waals surface area contributed by atoms with Crippen molar-refractivity contribution >= 4 is 59.0 Å². The summed E-state index contributed by atoms with van der Waals surface area (Å²) in [6, 6.07) is 48.6. The molecule has 1 unspecified atom stereocenters. The normalized spacial score (nSPS) is 12.2. The number of anilines is 1. The zero-order valence-electron chi connectivity index (χ0n) is 23.9. The van der Waals surface area contributed by atoms with Crippen LogP contribution in [0.4, 0.5) is 5.69 Å². The molecule has 4 nitrogen and oxygen atoms in total. The fraction of sp³-hybridized carbons (Fsp3) is 0.0513. The van der Waals surface area contributed by atoms with Gasteiger partial charge in [-0.3, -0.25) is 5.32 Å². The first-order valence-corrected chi connectivity index (χ1v) is 15.5. The van der Waals surface area contributed by atoms with Crippen molar-refractivity contribution in [3.63, 3.8) is 0 Å². The van der Waals surface area contributed by atoms with Crippen LogP contribution >= 0.6 is 11.3 Å². The summed E-state index contributed by atoms with van der Waals surface area (Å²) in [6.07, 6.45) is 0. The van der Waals surface area contributed by atoms with Gasteiger partial charge >= 0.3 is 0 Å². The number of thiophene rings is 1. The zero-order chi connectivity index (χ0) is 29.6. The van der Waals surface area contributed by atoms with Crippen molar-refractivity contribution in [2.45, 2.75) is 12.7 Å². The van der Waals surface area contributed by atoms with Crippen LogP contribution in [0.1, 0.15) is 22.7 Å². The Morgan fingerprint density at radius 3 is 2.11 bits per heavy atom. The summed E-state index contributed by atoms with van der Waals surface area (Å²) in [4.78, 5) is 0. The summed E-state index contributed by atoms with van der Waals surface area (Å²) in [5.41, 5.74) is 14.8. The number of nitrogen functional groups attached to an aromatic ring is 1. The van der Waals surface area contributed by atoms with Crippen LogP contribution in [0.25, 0.3) is 53.1 Å². The van der Waals surface area contributed by atoms with Crippen LogP contribution in [0, 0.1) is 11.3 Å². The highest BCUT2D eigenvalue weighted by molar-refractivity contribution is 7.25. The van der Waals surface area contributed by atoms with E-state index < -0.39 is 0 Å². The topological polar surface area (TPSA) is 66.8 Å². The molecule has 2 aromatic heterocycles. The van der Waals surface area contributed by atoms with Crippen LogP contribution in [0.15, 0.2) is 133 Å². The molecule has 0 aliphatic rings. The summed E-state index contributed by atoms with van der Waals surface area (Å²) in [5.74, 6) is 0. The van der Waals surface area contributed by atoms with Crippen LogP contribution in [0.2, 0.25) is 0 Å². The van der Waals surface area contributed by atoms with Gasteiger partial charge in [-0.15, -0.1) is 11.3 Å². The largest absolute Gasteiger partial charge is 0.398 e. The number of aromatic nitrogens is 1. The highest BCUT2D eigenvalue weighted by Gasteiger charge is 2.19. The predicted octanol–water partition coefficient (Wildman–Crippen LogP) is 9.62. The molecule has 8 aromatic rings. The van der Waals surface area contributed by atoms with Crippen molar-refractivity contribution in [1.82, 2.24) is 9.88 Å². The van der Waals surface area contributed by atoms with E-state index in [-0.39, 0.29) is 6.04 Å². The van der Waals surface area contributed by atoms with E-state index in [1.165, 1.54) is 42.0 Å². The van der Waals surface area contributed by atoms with Crippen LogP contribution in [0.5, 0.6) is 0 Å². The molecule has 0 spiro atoms. The van der Waals surface area contributed by atoms with E-state index in [4.69, 9.17) is 5.73 Å². The van der Waals surface area contributed by atoms with E-state index in [2.05, 4.69) is 107 Å². The van der Waals surface area contributed by atoms with Crippen molar-refractivity contribution in [2.75, 3.05) is 5.73 Å². The minimum absolute atomic E-state index is 0.117. The third-order valence-corrected chi connectivity index (χ3v) is 9.76. The van der Waals surface area contributed by atoms with Crippen LogP contribution in [-0.2, 0) is 6.67 Å². The Morgan fingerprint density at radius 1 is 0.659 bits per heavy atom. The van der Waals surface area contributed by atoms with Gasteiger partial charge in [-0.2, -0.15) is 5.26 Å². The summed E-state index contributed by atoms with van der Waals surface area (Å²) in [6.45, 7) is 0.605. The highest BCUT2D eigenvalue weighted by Crippen LogP contribution is 2.39. The third-order valence-electron chi connectivity index (χ3n) is 8.62. The third kappa shape index (κ3) is 4.40. The molecule has 1 atom stereocenters. The Morgan fingerprint density at radius 2 is 1.34 bits per heavy atom. The summed E-state index contributed by atoms with van der Waals surface area (Å²) in [5, 5.41) is 18.2. The van der Waals surface area contributed by atoms with E-state index in [1.807, 2.05) is 53.8 Å². The summed E-state index contributed by atoms with van der Waals surface area (Å²) < 4.78 is 5.02. The molecule has 0 saturated carbocycles. The van der Waals surface area contributed by atoms with Crippen molar-refractivity contribution < 1.29 is 0 Å². The van der Waals surface area contributed by atoms with Gasteiger partial charge in [-0.05, 0) is 64.7 Å². The smallest absolute Gasteiger partial charge is 0.0991 e. The molecule has 5 heteroatoms. The lowest BCUT2D eigenvalue weighted by atomic mass is 9.95. The lowest BCUT2D eigenvalue weighted by Gasteiger charge is -2.23. The van der Waals surface area contributed by atoms with Gasteiger partial charge in [-0.25, -0.2) is 0 Å². The van der Waals surface area contributed by atoms with Gasteiger partial charge in [0.05, 0.1) is 35.4 Å². The van der Waals surface area contributed by atoms with Gasteiger partial charge in [0.1, 0.15) is 0 Å². The van der Waals surface area contributed by atoms with E-state index in [1.54, 1.807) is 0 Å². The summed E-state index contributed by atoms with van der Waals surface area (Å²) in [7, 11) is 0. The number of nitrogens with one attached hydrogen (secondary N) is 1. The van der Waals surface area contributed by atoms with Crippen molar-refractivity contribution in [2.24, 2.45) is 0 Å². The zero-order valence-corrected chi connectivity index (χ0v) is 24.7. The molecular formula is C39H28N4S. The molecule has 8 rings (SSSR count). The second kappa shape index (κ2) is 10.7. The standard InChI is InChI=1S/C39H28N4S/c40-23-25-13-15-26(16-14-25)27-17-19-28(20-18-27)39(31-9-1-4-10-34(31)41)42-24-43-35-11-5-2-7-29(35)32-22-38-33(21-36(32)43)30-8-3-6-12-37(30)44-38/h1-22,39,42H,24,41H2. The monoisotopic (exact) mass is 584 g/mol. The quantitative estimate of drug-likeness (QED) is 0.191. The number of hydrogen-bond acceptors (Lipinski definition) is 4. The highest BCUT2D eigenvalue weighted by atomic mass is 32.1. The van der Waals surface area contributed by atoms with Crippen LogP contribution in [-0.4, -0.2) is 4.57 Å². The fourth-order valence-corrected chi connectivity index (χ4v) is 7.53. The van der Waals surface area contributed by atoms with Crippen molar-refractivity contribution in [3.05, 3.63) is 150 Å². The first kappa shape index (κ1) is 26.2. The molecule has 0 bridgehead atoms. The average Bonchev–Trinajstić information content (AvgIpc) is 3.59. The number of para-hydroxylation sites is 2. The lowest BCUT2D eigenvalue weighted by Crippen LogP contribution is -2.26. The van der Waals surface area contributed by atoms with E-state index in [9.17, 15) is 5.26 Å². The number of hydrogen-bond donors (Lipinski definition) is 2. The van der Waals surface area contributed by atoms with Crippen molar-refractivity contribution in [3.8, 4) is 17.2 Å². The Hall–Kier alpha value is -5.41. The number of fused-ring (bicyclic) bond motifs is 6. The molecule has 210 valence electrons. The van der Waals surface area contributed by atoms with Gasteiger partial charge < -0.3 is 10.3 Å². The molecule has 0 aliphatic heterocycles. The molecule has 6 aromatic carbocycles. The molecule has 2 heterocycles.